The van der Waals surface area contributed by atoms with E-state index in [0.29, 0.717) is 28.6 Å². The van der Waals surface area contributed by atoms with Crippen LogP contribution in [0.15, 0.2) is 109 Å². The molecule has 4 nitrogen and oxygen atoms in total. The summed E-state index contributed by atoms with van der Waals surface area (Å²) in [5.74, 6) is -0.854. The van der Waals surface area contributed by atoms with Crippen molar-refractivity contribution in [1.29, 1.82) is 0 Å². The lowest BCUT2D eigenvalue weighted by atomic mass is 9.93. The Bertz CT molecular complexity index is 1760. The van der Waals surface area contributed by atoms with Gasteiger partial charge in [0.15, 0.2) is 0 Å². The van der Waals surface area contributed by atoms with E-state index in [4.69, 9.17) is 23.2 Å². The molecule has 0 radical (unpaired) electrons. The van der Waals surface area contributed by atoms with Gasteiger partial charge in [-0.3, -0.25) is 9.59 Å². The van der Waals surface area contributed by atoms with Crippen LogP contribution in [0.1, 0.15) is 38.0 Å². The third kappa shape index (κ3) is 6.37. The number of amides is 2. The van der Waals surface area contributed by atoms with E-state index in [2.05, 4.69) is 0 Å². The molecule has 43 heavy (non-hydrogen) atoms. The highest BCUT2D eigenvalue weighted by Crippen LogP contribution is 2.41. The fourth-order valence-electron chi connectivity index (χ4n) is 5.53. The van der Waals surface area contributed by atoms with Gasteiger partial charge >= 0.3 is 0 Å². The first-order valence-electron chi connectivity index (χ1n) is 13.9. The minimum absolute atomic E-state index is 0.148. The molecule has 4 aromatic carbocycles. The zero-order chi connectivity index (χ0) is 29.9. The van der Waals surface area contributed by atoms with Crippen LogP contribution in [0.4, 0.5) is 4.39 Å². The number of carbonyl (C=O) groups is 2. The Hall–Kier alpha value is -3.97. The van der Waals surface area contributed by atoms with Crippen LogP contribution >= 0.6 is 34.5 Å². The van der Waals surface area contributed by atoms with Crippen molar-refractivity contribution in [3.05, 3.63) is 152 Å². The molecule has 0 N–H and O–H groups in total. The molecule has 0 spiro atoms. The Balaban J connectivity index is 1.31. The number of benzene rings is 4. The third-order valence-electron chi connectivity index (χ3n) is 7.68. The van der Waals surface area contributed by atoms with Crippen molar-refractivity contribution in [1.82, 2.24) is 9.80 Å². The summed E-state index contributed by atoms with van der Waals surface area (Å²) < 4.78 is 13.7. The van der Waals surface area contributed by atoms with Crippen molar-refractivity contribution in [2.45, 2.75) is 19.0 Å². The molecule has 1 aliphatic rings. The van der Waals surface area contributed by atoms with Gasteiger partial charge in [0.2, 0.25) is 5.91 Å². The Morgan fingerprint density at radius 2 is 1.58 bits per heavy atom. The van der Waals surface area contributed by atoms with Crippen molar-refractivity contribution >= 4 is 46.4 Å². The SMILES string of the molecule is O=C(c1ccc(-c2ccccc2)cc1)N(CC(=O)N1CCc2sccc2[C@@H]1c1ccc(Cl)cc1Cl)Cc1ccc(F)cc1. The van der Waals surface area contributed by atoms with E-state index in [1.54, 1.807) is 52.6 Å². The molecule has 2 amide bonds. The molecule has 1 aromatic heterocycles. The molecule has 0 saturated heterocycles. The molecule has 0 bridgehead atoms. The quantitative estimate of drug-likeness (QED) is 0.181. The van der Waals surface area contributed by atoms with Gasteiger partial charge in [-0.25, -0.2) is 4.39 Å². The van der Waals surface area contributed by atoms with E-state index in [1.165, 1.54) is 21.9 Å². The second-order valence-electron chi connectivity index (χ2n) is 10.4. The number of thiophene rings is 1. The number of nitrogens with zero attached hydrogens (tertiary/aromatic N) is 2. The molecule has 5 aromatic rings. The van der Waals surface area contributed by atoms with Crippen molar-refractivity contribution < 1.29 is 14.0 Å². The predicted octanol–water partition coefficient (Wildman–Crippen LogP) is 8.68. The largest absolute Gasteiger partial charge is 0.330 e. The summed E-state index contributed by atoms with van der Waals surface area (Å²) in [6.45, 7) is 0.480. The minimum Gasteiger partial charge on any atom is -0.330 e. The van der Waals surface area contributed by atoms with Gasteiger partial charge in [0.1, 0.15) is 12.4 Å². The molecule has 1 aliphatic heterocycles. The molecule has 6 rings (SSSR count). The molecule has 0 fully saturated rings. The number of hydrogen-bond donors (Lipinski definition) is 0. The van der Waals surface area contributed by atoms with E-state index in [1.807, 2.05) is 60.0 Å². The maximum Gasteiger partial charge on any atom is 0.254 e. The summed E-state index contributed by atoms with van der Waals surface area (Å²) in [5, 5.41) is 3.02. The maximum absolute atomic E-state index is 14.1. The van der Waals surface area contributed by atoms with Gasteiger partial charge in [-0.05, 0) is 82.1 Å². The molecule has 0 unspecified atom stereocenters. The Kier molecular flexibility index (Phi) is 8.61. The average Bonchev–Trinajstić information content (AvgIpc) is 3.51. The van der Waals surface area contributed by atoms with Gasteiger partial charge < -0.3 is 9.80 Å². The monoisotopic (exact) mass is 628 g/mol. The first-order valence-corrected chi connectivity index (χ1v) is 15.5. The van der Waals surface area contributed by atoms with Gasteiger partial charge in [0.25, 0.3) is 5.91 Å². The lowest BCUT2D eigenvalue weighted by molar-refractivity contribution is -0.134. The van der Waals surface area contributed by atoms with Crippen molar-refractivity contribution in [2.24, 2.45) is 0 Å². The van der Waals surface area contributed by atoms with E-state index in [0.717, 1.165) is 27.8 Å². The zero-order valence-corrected chi connectivity index (χ0v) is 25.4. The average molecular weight is 630 g/mol. The van der Waals surface area contributed by atoms with Gasteiger partial charge in [0.05, 0.1) is 6.04 Å². The van der Waals surface area contributed by atoms with Crippen LogP contribution in [0.5, 0.6) is 0 Å². The van der Waals surface area contributed by atoms with Gasteiger partial charge in [-0.1, -0.05) is 83.9 Å². The normalized spacial score (nSPS) is 14.3. The zero-order valence-electron chi connectivity index (χ0n) is 23.1. The molecule has 8 heteroatoms. The van der Waals surface area contributed by atoms with Crippen molar-refractivity contribution in [3.63, 3.8) is 0 Å². The fraction of sp³-hybridized carbons (Fsp3) is 0.143. The summed E-state index contributed by atoms with van der Waals surface area (Å²) in [6.07, 6.45) is 0.716. The summed E-state index contributed by atoms with van der Waals surface area (Å²) in [6, 6.07) is 30.2. The van der Waals surface area contributed by atoms with E-state index < -0.39 is 6.04 Å². The summed E-state index contributed by atoms with van der Waals surface area (Å²) in [5.41, 5.74) is 5.03. The van der Waals surface area contributed by atoms with Crippen LogP contribution in [0.2, 0.25) is 10.0 Å². The van der Waals surface area contributed by atoms with Gasteiger partial charge in [-0.2, -0.15) is 0 Å². The molecular formula is C35H27Cl2FN2O2S. The molecule has 2 heterocycles. The van der Waals surface area contributed by atoms with Crippen LogP contribution in [0, 0.1) is 5.82 Å². The topological polar surface area (TPSA) is 40.6 Å². The number of halogens is 3. The highest BCUT2D eigenvalue weighted by molar-refractivity contribution is 7.10. The fourth-order valence-corrected chi connectivity index (χ4v) is 6.94. The predicted molar refractivity (Wildman–Crippen MR) is 171 cm³/mol. The number of fused-ring (bicyclic) bond motifs is 1. The van der Waals surface area contributed by atoms with Crippen LogP contribution < -0.4 is 0 Å². The summed E-state index contributed by atoms with van der Waals surface area (Å²) in [4.78, 5) is 32.6. The van der Waals surface area contributed by atoms with Crippen molar-refractivity contribution in [2.75, 3.05) is 13.1 Å². The standard InChI is InChI=1S/C35H27Cl2FN2O2S/c36-27-12-15-29(31(37)20-27)34-30-17-19-43-32(30)16-18-40(34)33(41)22-39(21-23-6-13-28(38)14-7-23)35(42)26-10-8-25(9-11-26)24-4-2-1-3-5-24/h1-15,17,19-20,34H,16,18,21-22H2/t34-/m0/s1. The van der Waals surface area contributed by atoms with Gasteiger partial charge in [-0.15, -0.1) is 11.3 Å². The maximum atomic E-state index is 14.1. The molecule has 0 aliphatic carbocycles. The second kappa shape index (κ2) is 12.7. The van der Waals surface area contributed by atoms with E-state index in [9.17, 15) is 14.0 Å². The lowest BCUT2D eigenvalue weighted by Crippen LogP contribution is -2.46. The Labute approximate surface area is 263 Å². The Morgan fingerprint density at radius 3 is 2.30 bits per heavy atom. The molecule has 0 saturated carbocycles. The number of hydrogen-bond acceptors (Lipinski definition) is 3. The Morgan fingerprint density at radius 1 is 0.860 bits per heavy atom. The first kappa shape index (κ1) is 29.1. The molecule has 1 atom stereocenters. The smallest absolute Gasteiger partial charge is 0.254 e. The summed E-state index contributed by atoms with van der Waals surface area (Å²) >= 11 is 14.5. The van der Waals surface area contributed by atoms with Crippen molar-refractivity contribution in [3.8, 4) is 11.1 Å². The highest BCUT2D eigenvalue weighted by Gasteiger charge is 2.35. The second-order valence-corrected chi connectivity index (χ2v) is 12.3. The van der Waals surface area contributed by atoms with Crippen LogP contribution in [0.25, 0.3) is 11.1 Å². The minimum atomic E-state index is -0.403. The van der Waals surface area contributed by atoms with E-state index >= 15 is 0 Å². The van der Waals surface area contributed by atoms with Crippen LogP contribution in [0.3, 0.4) is 0 Å². The number of carbonyl (C=O) groups excluding carboxylic acids is 2. The first-order chi connectivity index (χ1) is 20.9. The third-order valence-corrected chi connectivity index (χ3v) is 9.24. The highest BCUT2D eigenvalue weighted by atomic mass is 35.5. The van der Waals surface area contributed by atoms with Gasteiger partial charge in [0, 0.05) is 33.6 Å². The summed E-state index contributed by atoms with van der Waals surface area (Å²) in [7, 11) is 0. The molecule has 216 valence electrons. The van der Waals surface area contributed by atoms with E-state index in [-0.39, 0.29) is 30.7 Å². The number of rotatable bonds is 7. The molecular weight excluding hydrogens is 602 g/mol. The van der Waals surface area contributed by atoms with Crippen LogP contribution in [-0.4, -0.2) is 34.7 Å². The lowest BCUT2D eigenvalue weighted by Gasteiger charge is -2.38. The van der Waals surface area contributed by atoms with Crippen LogP contribution in [-0.2, 0) is 17.8 Å².